The summed E-state index contributed by atoms with van der Waals surface area (Å²) in [5, 5.41) is 0. The lowest BCUT2D eigenvalue weighted by molar-refractivity contribution is -0.154. The third kappa shape index (κ3) is 3.53. The van der Waals surface area contributed by atoms with Crippen LogP contribution in [0.25, 0.3) is 0 Å². The molecular weight excluding hydrogens is 310 g/mol. The molecule has 24 heavy (non-hydrogen) atoms. The molecule has 1 heterocycles. The van der Waals surface area contributed by atoms with Crippen LogP contribution < -0.4 is 0 Å². The third-order valence-electron chi connectivity index (χ3n) is 4.79. The molecule has 1 atom stereocenters. The van der Waals surface area contributed by atoms with Gasteiger partial charge in [-0.1, -0.05) is 20.8 Å². The molecule has 1 fully saturated rings. The number of Topliss-reactive ketones (excluding diaryl/α,β-unsaturated/α-hetero) is 2. The van der Waals surface area contributed by atoms with Crippen molar-refractivity contribution in [3.8, 4) is 0 Å². The lowest BCUT2D eigenvalue weighted by Crippen LogP contribution is -2.48. The number of ketones is 2. The van der Waals surface area contributed by atoms with Gasteiger partial charge in [-0.2, -0.15) is 0 Å². The molecule has 0 amide bonds. The molecule has 1 aliphatic carbocycles. The molecule has 6 nitrogen and oxygen atoms in total. The number of allylic oxidation sites excluding steroid dienone is 2. The van der Waals surface area contributed by atoms with Gasteiger partial charge in [-0.3, -0.25) is 14.4 Å². The second-order valence-electron chi connectivity index (χ2n) is 7.08. The average molecular weight is 337 g/mol. The van der Waals surface area contributed by atoms with Gasteiger partial charge in [-0.05, 0) is 18.3 Å². The minimum Gasteiger partial charge on any atom is -0.468 e. The maximum Gasteiger partial charge on any atom is 0.317 e. The Balaban J connectivity index is 2.50. The lowest BCUT2D eigenvalue weighted by atomic mass is 9.66. The van der Waals surface area contributed by atoms with Crippen LogP contribution in [-0.4, -0.2) is 55.8 Å². The van der Waals surface area contributed by atoms with E-state index in [1.165, 1.54) is 7.11 Å². The first kappa shape index (κ1) is 18.6. The largest absolute Gasteiger partial charge is 0.468 e. The number of carbonyl (C=O) groups is 3. The molecule has 1 aliphatic heterocycles. The zero-order valence-corrected chi connectivity index (χ0v) is 15.0. The molecule has 1 saturated heterocycles. The number of nitrogens with zero attached hydrogens (tertiary/aromatic N) is 1. The highest BCUT2D eigenvalue weighted by molar-refractivity contribution is 6.25. The molecule has 0 bridgehead atoms. The van der Waals surface area contributed by atoms with Gasteiger partial charge in [-0.25, -0.2) is 0 Å². The molecule has 6 heteroatoms. The standard InChI is InChI=1S/C18H27NO5/c1-5-6-13(20)14-12(19-7-9-24-10-8-19)11-18(2,3)15(16(14)21)17(22)23-4/h15H,5-11H2,1-4H3. The van der Waals surface area contributed by atoms with Crippen molar-refractivity contribution >= 4 is 17.5 Å². The van der Waals surface area contributed by atoms with Gasteiger partial charge in [0.2, 0.25) is 0 Å². The second-order valence-corrected chi connectivity index (χ2v) is 7.08. The van der Waals surface area contributed by atoms with E-state index in [1.54, 1.807) is 0 Å². The smallest absolute Gasteiger partial charge is 0.317 e. The van der Waals surface area contributed by atoms with Crippen molar-refractivity contribution in [3.63, 3.8) is 0 Å². The Bertz CT molecular complexity index is 558. The van der Waals surface area contributed by atoms with Gasteiger partial charge in [0.15, 0.2) is 11.6 Å². The van der Waals surface area contributed by atoms with Crippen molar-refractivity contribution in [2.75, 3.05) is 33.4 Å². The van der Waals surface area contributed by atoms with E-state index in [1.807, 2.05) is 20.8 Å². The fraction of sp³-hybridized carbons (Fsp3) is 0.722. The topological polar surface area (TPSA) is 72.9 Å². The van der Waals surface area contributed by atoms with Crippen LogP contribution in [-0.2, 0) is 23.9 Å². The molecule has 2 rings (SSSR count). The first-order valence-corrected chi connectivity index (χ1v) is 8.54. The van der Waals surface area contributed by atoms with Gasteiger partial charge >= 0.3 is 5.97 Å². The van der Waals surface area contributed by atoms with E-state index in [0.717, 1.165) is 5.70 Å². The number of esters is 1. The maximum atomic E-state index is 13.1. The number of hydrogen-bond acceptors (Lipinski definition) is 6. The Morgan fingerprint density at radius 2 is 1.92 bits per heavy atom. The van der Waals surface area contributed by atoms with Crippen molar-refractivity contribution in [1.82, 2.24) is 4.90 Å². The summed E-state index contributed by atoms with van der Waals surface area (Å²) in [7, 11) is 1.28. The number of methoxy groups -OCH3 is 1. The van der Waals surface area contributed by atoms with Gasteiger partial charge in [0, 0.05) is 25.2 Å². The van der Waals surface area contributed by atoms with Crippen LogP contribution in [0.5, 0.6) is 0 Å². The summed E-state index contributed by atoms with van der Waals surface area (Å²) in [5.41, 5.74) is 0.383. The SMILES string of the molecule is CCCC(=O)C1=C(N2CCOCC2)CC(C)(C)C(C(=O)OC)C1=O. The van der Waals surface area contributed by atoms with Gasteiger partial charge in [-0.15, -0.1) is 0 Å². The van der Waals surface area contributed by atoms with Crippen molar-refractivity contribution in [3.05, 3.63) is 11.3 Å². The number of hydrogen-bond donors (Lipinski definition) is 0. The molecule has 1 unspecified atom stereocenters. The van der Waals surface area contributed by atoms with Crippen molar-refractivity contribution in [2.45, 2.75) is 40.0 Å². The van der Waals surface area contributed by atoms with Crippen molar-refractivity contribution in [2.24, 2.45) is 11.3 Å². The highest BCUT2D eigenvalue weighted by Gasteiger charge is 2.49. The van der Waals surface area contributed by atoms with E-state index < -0.39 is 23.1 Å². The molecular formula is C18H27NO5. The Morgan fingerprint density at radius 1 is 1.29 bits per heavy atom. The van der Waals surface area contributed by atoms with Crippen LogP contribution >= 0.6 is 0 Å². The summed E-state index contributed by atoms with van der Waals surface area (Å²) in [6.45, 7) is 8.14. The summed E-state index contributed by atoms with van der Waals surface area (Å²) in [6, 6.07) is 0. The van der Waals surface area contributed by atoms with Gasteiger partial charge in [0.25, 0.3) is 0 Å². The molecule has 0 N–H and O–H groups in total. The summed E-state index contributed by atoms with van der Waals surface area (Å²) >= 11 is 0. The number of carbonyl (C=O) groups excluding carboxylic acids is 3. The molecule has 0 spiro atoms. The average Bonchev–Trinajstić information content (AvgIpc) is 2.54. The van der Waals surface area contributed by atoms with E-state index in [4.69, 9.17) is 9.47 Å². The van der Waals surface area contributed by atoms with Crippen molar-refractivity contribution in [1.29, 1.82) is 0 Å². The predicted octanol–water partition coefficient (Wildman–Crippen LogP) is 1.73. The van der Waals surface area contributed by atoms with Crippen molar-refractivity contribution < 1.29 is 23.9 Å². The zero-order valence-electron chi connectivity index (χ0n) is 15.0. The molecule has 2 aliphatic rings. The fourth-order valence-electron chi connectivity index (χ4n) is 3.56. The van der Waals surface area contributed by atoms with E-state index in [-0.39, 0.29) is 11.4 Å². The van der Waals surface area contributed by atoms with E-state index in [2.05, 4.69) is 4.90 Å². The third-order valence-corrected chi connectivity index (χ3v) is 4.79. The van der Waals surface area contributed by atoms with Crippen LogP contribution in [0.15, 0.2) is 11.3 Å². The molecule has 0 radical (unpaired) electrons. The van der Waals surface area contributed by atoms with E-state index in [0.29, 0.717) is 45.6 Å². The number of morpholine rings is 1. The Hall–Kier alpha value is -1.69. The van der Waals surface area contributed by atoms with E-state index in [9.17, 15) is 14.4 Å². The number of rotatable bonds is 5. The minimum absolute atomic E-state index is 0.173. The first-order valence-electron chi connectivity index (χ1n) is 8.54. The van der Waals surface area contributed by atoms with E-state index >= 15 is 0 Å². The molecule has 0 aromatic carbocycles. The quantitative estimate of drug-likeness (QED) is 0.432. The monoisotopic (exact) mass is 337 g/mol. The molecule has 134 valence electrons. The highest BCUT2D eigenvalue weighted by atomic mass is 16.5. The normalized spacial score (nSPS) is 24.1. The van der Waals surface area contributed by atoms with Gasteiger partial charge in [0.1, 0.15) is 5.92 Å². The zero-order chi connectivity index (χ0) is 17.9. The maximum absolute atomic E-state index is 13.1. The van der Waals surface area contributed by atoms with Crippen LogP contribution in [0.3, 0.4) is 0 Å². The first-order chi connectivity index (χ1) is 11.3. The Morgan fingerprint density at radius 3 is 2.46 bits per heavy atom. The predicted molar refractivity (Wildman–Crippen MR) is 88.2 cm³/mol. The Kier molecular flexibility index (Phi) is 5.80. The van der Waals surface area contributed by atoms with Crippen LogP contribution in [0.1, 0.15) is 40.0 Å². The second kappa shape index (κ2) is 7.47. The highest BCUT2D eigenvalue weighted by Crippen LogP contribution is 2.43. The Labute approximate surface area is 143 Å². The number of ether oxygens (including phenoxy) is 2. The van der Waals surface area contributed by atoms with Crippen LogP contribution in [0, 0.1) is 11.3 Å². The molecule has 0 saturated carbocycles. The van der Waals surface area contributed by atoms with Crippen LogP contribution in [0.2, 0.25) is 0 Å². The lowest BCUT2D eigenvalue weighted by Gasteiger charge is -2.42. The molecule has 0 aromatic heterocycles. The minimum atomic E-state index is -0.928. The molecule has 0 aromatic rings. The van der Waals surface area contributed by atoms with Gasteiger partial charge in [0.05, 0.1) is 25.9 Å². The summed E-state index contributed by atoms with van der Waals surface area (Å²) < 4.78 is 10.2. The summed E-state index contributed by atoms with van der Waals surface area (Å²) in [6.07, 6.45) is 1.48. The van der Waals surface area contributed by atoms with Crippen LogP contribution in [0.4, 0.5) is 0 Å². The van der Waals surface area contributed by atoms with Gasteiger partial charge < -0.3 is 14.4 Å². The summed E-state index contributed by atoms with van der Waals surface area (Å²) in [5.74, 6) is -2.05. The fourth-order valence-corrected chi connectivity index (χ4v) is 3.56. The summed E-state index contributed by atoms with van der Waals surface area (Å²) in [4.78, 5) is 40.0.